The second-order valence-electron chi connectivity index (χ2n) is 6.41. The molecule has 1 amide bonds. The Balaban J connectivity index is 1.99. The van der Waals surface area contributed by atoms with Gasteiger partial charge in [0.25, 0.3) is 0 Å². The Morgan fingerprint density at radius 3 is 2.50 bits per heavy atom. The Morgan fingerprint density at radius 1 is 1.41 bits per heavy atom. The zero-order chi connectivity index (χ0) is 16.5. The summed E-state index contributed by atoms with van der Waals surface area (Å²) in [6.45, 7) is 6.55. The fourth-order valence-corrected chi connectivity index (χ4v) is 2.68. The number of carbonyl (C=O) groups is 1. The van der Waals surface area contributed by atoms with E-state index in [0.717, 1.165) is 0 Å². The first-order valence-electron chi connectivity index (χ1n) is 7.26. The minimum atomic E-state index is -1.62. The SMILES string of the molecule is CC(C)(C)OC(=O)N1CCC(n2nc(Cl)cc2B(O)O)CC1. The molecule has 0 spiro atoms. The van der Waals surface area contributed by atoms with E-state index in [1.54, 1.807) is 9.58 Å². The van der Waals surface area contributed by atoms with E-state index in [1.807, 2.05) is 20.8 Å². The molecule has 0 saturated carbocycles. The molecule has 122 valence electrons. The van der Waals surface area contributed by atoms with Crippen molar-refractivity contribution in [3.8, 4) is 0 Å². The third kappa shape index (κ3) is 4.15. The average Bonchev–Trinajstić information content (AvgIpc) is 2.79. The standard InChI is InChI=1S/C13H21BClN3O4/c1-13(2,3)22-12(19)17-6-4-9(5-7-17)18-10(14(20)21)8-11(15)16-18/h8-9,20-21H,4-7H2,1-3H3. The van der Waals surface area contributed by atoms with Crippen LogP contribution >= 0.6 is 11.6 Å². The van der Waals surface area contributed by atoms with Crippen LogP contribution in [0.3, 0.4) is 0 Å². The number of ether oxygens (including phenoxy) is 1. The van der Waals surface area contributed by atoms with Gasteiger partial charge in [0, 0.05) is 13.1 Å². The summed E-state index contributed by atoms with van der Waals surface area (Å²) in [6.07, 6.45) is 0.973. The lowest BCUT2D eigenvalue weighted by molar-refractivity contribution is 0.0185. The predicted octanol–water partition coefficient (Wildman–Crippen LogP) is 0.788. The first-order valence-corrected chi connectivity index (χ1v) is 7.64. The Kier molecular flexibility index (Phi) is 5.04. The van der Waals surface area contributed by atoms with Crippen LogP contribution in [-0.2, 0) is 4.74 Å². The number of rotatable bonds is 2. The van der Waals surface area contributed by atoms with Crippen molar-refractivity contribution in [2.75, 3.05) is 13.1 Å². The highest BCUT2D eigenvalue weighted by atomic mass is 35.5. The van der Waals surface area contributed by atoms with Crippen molar-refractivity contribution in [3.05, 3.63) is 11.2 Å². The van der Waals surface area contributed by atoms with E-state index in [4.69, 9.17) is 16.3 Å². The van der Waals surface area contributed by atoms with Gasteiger partial charge in [0.15, 0.2) is 5.15 Å². The minimum absolute atomic E-state index is 0.0250. The van der Waals surface area contributed by atoms with Crippen LogP contribution in [-0.4, -0.2) is 56.6 Å². The molecule has 7 nitrogen and oxygen atoms in total. The molecule has 2 heterocycles. The van der Waals surface area contributed by atoms with Gasteiger partial charge in [-0.2, -0.15) is 5.10 Å². The van der Waals surface area contributed by atoms with Gasteiger partial charge in [-0.25, -0.2) is 4.79 Å². The summed E-state index contributed by atoms with van der Waals surface area (Å²) >= 11 is 5.84. The molecule has 1 aliphatic heterocycles. The molecule has 0 aromatic carbocycles. The molecule has 0 bridgehead atoms. The highest BCUT2D eigenvalue weighted by Gasteiger charge is 2.30. The van der Waals surface area contributed by atoms with E-state index in [9.17, 15) is 14.8 Å². The molecule has 1 aliphatic rings. The lowest BCUT2D eigenvalue weighted by Gasteiger charge is -2.34. The molecule has 22 heavy (non-hydrogen) atoms. The summed E-state index contributed by atoms with van der Waals surface area (Å²) in [7, 11) is -1.62. The highest BCUT2D eigenvalue weighted by Crippen LogP contribution is 2.23. The van der Waals surface area contributed by atoms with Crippen LogP contribution in [0.15, 0.2) is 6.07 Å². The largest absolute Gasteiger partial charge is 0.507 e. The number of nitrogens with zero attached hydrogens (tertiary/aromatic N) is 3. The second-order valence-corrected chi connectivity index (χ2v) is 6.80. The van der Waals surface area contributed by atoms with E-state index in [0.29, 0.717) is 25.9 Å². The lowest BCUT2D eigenvalue weighted by atomic mass is 9.85. The average molecular weight is 330 g/mol. The van der Waals surface area contributed by atoms with Crippen molar-refractivity contribution in [1.82, 2.24) is 14.7 Å². The number of carbonyl (C=O) groups excluding carboxylic acids is 1. The van der Waals surface area contributed by atoms with Crippen LogP contribution in [0.1, 0.15) is 39.7 Å². The van der Waals surface area contributed by atoms with Gasteiger partial charge in [0.05, 0.1) is 11.6 Å². The van der Waals surface area contributed by atoms with E-state index < -0.39 is 12.7 Å². The van der Waals surface area contributed by atoms with Crippen molar-refractivity contribution in [2.24, 2.45) is 0 Å². The summed E-state index contributed by atoms with van der Waals surface area (Å²) in [5, 5.41) is 23.1. The van der Waals surface area contributed by atoms with Crippen LogP contribution in [0.5, 0.6) is 0 Å². The summed E-state index contributed by atoms with van der Waals surface area (Å²) in [6, 6.07) is 1.41. The van der Waals surface area contributed by atoms with Gasteiger partial charge in [-0.05, 0) is 39.7 Å². The summed E-state index contributed by atoms with van der Waals surface area (Å²) in [5.41, 5.74) is -0.252. The minimum Gasteiger partial charge on any atom is -0.444 e. The van der Waals surface area contributed by atoms with Crippen molar-refractivity contribution in [2.45, 2.75) is 45.3 Å². The quantitative estimate of drug-likeness (QED) is 0.783. The molecule has 9 heteroatoms. The third-order valence-electron chi connectivity index (χ3n) is 3.46. The zero-order valence-corrected chi connectivity index (χ0v) is 13.7. The van der Waals surface area contributed by atoms with Gasteiger partial charge >= 0.3 is 13.2 Å². The molecular formula is C13H21BClN3O4. The van der Waals surface area contributed by atoms with Gasteiger partial charge in [0.1, 0.15) is 5.60 Å². The maximum Gasteiger partial charge on any atom is 0.507 e. The number of likely N-dealkylation sites (tertiary alicyclic amines) is 1. The molecule has 1 fully saturated rings. The van der Waals surface area contributed by atoms with Crippen LogP contribution < -0.4 is 5.59 Å². The number of aromatic nitrogens is 2. The van der Waals surface area contributed by atoms with Gasteiger partial charge in [-0.15, -0.1) is 0 Å². The van der Waals surface area contributed by atoms with Gasteiger partial charge in [0.2, 0.25) is 0 Å². The maximum absolute atomic E-state index is 12.0. The molecule has 2 rings (SSSR count). The zero-order valence-electron chi connectivity index (χ0n) is 13.0. The molecule has 0 unspecified atom stereocenters. The smallest absolute Gasteiger partial charge is 0.444 e. The summed E-state index contributed by atoms with van der Waals surface area (Å²) in [4.78, 5) is 13.7. The van der Waals surface area contributed by atoms with E-state index in [1.165, 1.54) is 6.07 Å². The first-order chi connectivity index (χ1) is 10.2. The van der Waals surface area contributed by atoms with Gasteiger partial charge < -0.3 is 19.7 Å². The Hall–Kier alpha value is -1.25. The van der Waals surface area contributed by atoms with Gasteiger partial charge in [-0.3, -0.25) is 4.68 Å². The predicted molar refractivity (Wildman–Crippen MR) is 83.1 cm³/mol. The first kappa shape index (κ1) is 17.1. The molecular weight excluding hydrogens is 308 g/mol. The van der Waals surface area contributed by atoms with E-state index >= 15 is 0 Å². The number of amides is 1. The number of hydrogen-bond acceptors (Lipinski definition) is 5. The topological polar surface area (TPSA) is 87.8 Å². The normalized spacial score (nSPS) is 16.7. The monoisotopic (exact) mass is 329 g/mol. The van der Waals surface area contributed by atoms with E-state index in [-0.39, 0.29) is 22.9 Å². The number of piperidine rings is 1. The molecule has 0 radical (unpaired) electrons. The highest BCUT2D eigenvalue weighted by molar-refractivity contribution is 6.58. The number of hydrogen-bond donors (Lipinski definition) is 2. The maximum atomic E-state index is 12.0. The lowest BCUT2D eigenvalue weighted by Crippen LogP contribution is -2.45. The van der Waals surface area contributed by atoms with Crippen molar-refractivity contribution in [3.63, 3.8) is 0 Å². The Bertz CT molecular complexity index is 536. The van der Waals surface area contributed by atoms with Crippen molar-refractivity contribution < 1.29 is 19.6 Å². The Morgan fingerprint density at radius 2 is 2.00 bits per heavy atom. The van der Waals surface area contributed by atoms with E-state index in [2.05, 4.69) is 5.10 Å². The third-order valence-corrected chi connectivity index (χ3v) is 3.65. The summed E-state index contributed by atoms with van der Waals surface area (Å²) in [5.74, 6) is 0. The molecule has 1 aromatic rings. The van der Waals surface area contributed by atoms with Crippen LogP contribution in [0.2, 0.25) is 5.15 Å². The second kappa shape index (κ2) is 6.48. The van der Waals surface area contributed by atoms with Crippen molar-refractivity contribution in [1.29, 1.82) is 0 Å². The summed E-state index contributed by atoms with van der Waals surface area (Å²) < 4.78 is 6.89. The molecule has 0 atom stereocenters. The van der Waals surface area contributed by atoms with Crippen LogP contribution in [0, 0.1) is 0 Å². The molecule has 1 aromatic heterocycles. The molecule has 0 aliphatic carbocycles. The Labute approximate surface area is 135 Å². The molecule has 2 N–H and O–H groups in total. The fraction of sp³-hybridized carbons (Fsp3) is 0.692. The van der Waals surface area contributed by atoms with Gasteiger partial charge in [-0.1, -0.05) is 11.6 Å². The van der Waals surface area contributed by atoms with Crippen molar-refractivity contribution >= 4 is 30.4 Å². The van der Waals surface area contributed by atoms with Crippen LogP contribution in [0.4, 0.5) is 4.79 Å². The number of halogens is 1. The molecule has 1 saturated heterocycles. The fourth-order valence-electron chi connectivity index (χ4n) is 2.48. The van der Waals surface area contributed by atoms with Crippen LogP contribution in [0.25, 0.3) is 0 Å².